The number of anilines is 2. The van der Waals surface area contributed by atoms with Crippen LogP contribution in [0, 0.1) is 5.92 Å². The Kier molecular flexibility index (Phi) is 5.93. The van der Waals surface area contributed by atoms with Crippen LogP contribution in [0.3, 0.4) is 0 Å². The first-order valence-corrected chi connectivity index (χ1v) is 10.4. The lowest BCUT2D eigenvalue weighted by molar-refractivity contribution is -0.121. The Labute approximate surface area is 176 Å². The summed E-state index contributed by atoms with van der Waals surface area (Å²) in [5.41, 5.74) is 0.650. The molecule has 4 rings (SSSR count). The predicted octanol–water partition coefficient (Wildman–Crippen LogP) is 0.657. The van der Waals surface area contributed by atoms with Crippen LogP contribution in [0.2, 0.25) is 0 Å². The molecule has 1 aliphatic heterocycles. The molecule has 11 nitrogen and oxygen atoms in total. The molecule has 0 saturated carbocycles. The van der Waals surface area contributed by atoms with E-state index in [1.165, 1.54) is 17.7 Å². The maximum absolute atomic E-state index is 12.6. The van der Waals surface area contributed by atoms with Crippen molar-refractivity contribution in [1.29, 1.82) is 0 Å². The fourth-order valence-electron chi connectivity index (χ4n) is 3.21. The molecule has 0 bridgehead atoms. The van der Waals surface area contributed by atoms with Gasteiger partial charge in [0.05, 0.1) is 12.1 Å². The Hall–Kier alpha value is -3.41. The van der Waals surface area contributed by atoms with E-state index in [2.05, 4.69) is 40.8 Å². The van der Waals surface area contributed by atoms with E-state index in [1.54, 1.807) is 23.4 Å². The van der Waals surface area contributed by atoms with Gasteiger partial charge in [0, 0.05) is 31.4 Å². The zero-order chi connectivity index (χ0) is 20.9. The van der Waals surface area contributed by atoms with E-state index in [-0.39, 0.29) is 24.2 Å². The minimum atomic E-state index is -0.108. The lowest BCUT2D eigenvalue weighted by atomic mass is 9.96. The Balaban J connectivity index is 1.29. The highest BCUT2D eigenvalue weighted by atomic mass is 32.1. The average Bonchev–Trinajstić information content (AvgIpc) is 3.46. The normalized spacial score (nSPS) is 14.5. The summed E-state index contributed by atoms with van der Waals surface area (Å²) >= 11 is 1.33. The molecule has 1 fully saturated rings. The first-order valence-electron chi connectivity index (χ1n) is 9.52. The van der Waals surface area contributed by atoms with Crippen LogP contribution >= 0.6 is 11.3 Å². The number of aromatic nitrogens is 6. The minimum absolute atomic E-state index is 0.0388. The molecular weight excluding hydrogens is 406 g/mol. The zero-order valence-corrected chi connectivity index (χ0v) is 17.2. The van der Waals surface area contributed by atoms with Crippen LogP contribution in [-0.4, -0.2) is 61.9 Å². The van der Waals surface area contributed by atoms with Gasteiger partial charge in [-0.05, 0) is 25.0 Å². The standard InChI is InChI=1S/C18H21N9O2S/c1-19-16(28)8-13-9-30-18(22-13)23-17(29)12-4-6-26(7-5-12)14-2-3-15(25-24-14)27-11-20-10-21-27/h2-3,9-12H,4-8H2,1H3,(H,19,28)(H,22,23,29). The molecule has 0 aliphatic carbocycles. The number of rotatable bonds is 6. The number of hydrogen-bond acceptors (Lipinski definition) is 9. The number of amides is 2. The van der Waals surface area contributed by atoms with Crippen molar-refractivity contribution in [2.24, 2.45) is 5.92 Å². The Morgan fingerprint density at radius 3 is 2.63 bits per heavy atom. The van der Waals surface area contributed by atoms with Gasteiger partial charge in [0.1, 0.15) is 12.7 Å². The molecule has 2 N–H and O–H groups in total. The highest BCUT2D eigenvalue weighted by Crippen LogP contribution is 2.24. The van der Waals surface area contributed by atoms with Crippen LogP contribution in [0.1, 0.15) is 18.5 Å². The number of nitrogens with zero attached hydrogens (tertiary/aromatic N) is 7. The third-order valence-electron chi connectivity index (χ3n) is 4.88. The number of hydrogen-bond donors (Lipinski definition) is 2. The Morgan fingerprint density at radius 1 is 1.20 bits per heavy atom. The molecule has 2 amide bonds. The van der Waals surface area contributed by atoms with Gasteiger partial charge in [-0.2, -0.15) is 5.10 Å². The molecule has 1 aliphatic rings. The van der Waals surface area contributed by atoms with Gasteiger partial charge >= 0.3 is 0 Å². The number of carbonyl (C=O) groups is 2. The maximum Gasteiger partial charge on any atom is 0.229 e. The molecule has 0 aromatic carbocycles. The first kappa shape index (κ1) is 19.9. The zero-order valence-electron chi connectivity index (χ0n) is 16.4. The molecule has 0 spiro atoms. The van der Waals surface area contributed by atoms with E-state index in [1.807, 2.05) is 12.1 Å². The van der Waals surface area contributed by atoms with Crippen molar-refractivity contribution in [2.75, 3.05) is 30.4 Å². The van der Waals surface area contributed by atoms with Gasteiger partial charge in [0.25, 0.3) is 0 Å². The minimum Gasteiger partial charge on any atom is -0.359 e. The Morgan fingerprint density at radius 2 is 1.97 bits per heavy atom. The van der Waals surface area contributed by atoms with Crippen molar-refractivity contribution in [2.45, 2.75) is 19.3 Å². The van der Waals surface area contributed by atoms with Gasteiger partial charge < -0.3 is 15.5 Å². The van der Waals surface area contributed by atoms with E-state index in [9.17, 15) is 9.59 Å². The number of carbonyl (C=O) groups excluding carboxylic acids is 2. The predicted molar refractivity (Wildman–Crippen MR) is 110 cm³/mol. The third kappa shape index (κ3) is 4.59. The summed E-state index contributed by atoms with van der Waals surface area (Å²) in [4.78, 5) is 34.3. The summed E-state index contributed by atoms with van der Waals surface area (Å²) in [6, 6.07) is 3.74. The van der Waals surface area contributed by atoms with Gasteiger partial charge in [0.2, 0.25) is 11.8 Å². The van der Waals surface area contributed by atoms with E-state index < -0.39 is 0 Å². The van der Waals surface area contributed by atoms with Gasteiger partial charge in [-0.3, -0.25) is 9.59 Å². The summed E-state index contributed by atoms with van der Waals surface area (Å²) < 4.78 is 1.55. The van der Waals surface area contributed by atoms with Crippen molar-refractivity contribution < 1.29 is 9.59 Å². The van der Waals surface area contributed by atoms with Crippen LogP contribution in [0.15, 0.2) is 30.2 Å². The quantitative estimate of drug-likeness (QED) is 0.587. The fourth-order valence-corrected chi connectivity index (χ4v) is 3.93. The average molecular weight is 427 g/mol. The molecule has 3 aromatic rings. The Bertz CT molecular complexity index is 995. The molecule has 1 saturated heterocycles. The summed E-state index contributed by atoms with van der Waals surface area (Å²) in [5, 5.41) is 20.2. The summed E-state index contributed by atoms with van der Waals surface area (Å²) in [6.45, 7) is 1.43. The highest BCUT2D eigenvalue weighted by Gasteiger charge is 2.26. The SMILES string of the molecule is CNC(=O)Cc1csc(NC(=O)C2CCN(c3ccc(-n4cncn4)nn3)CC2)n1. The summed E-state index contributed by atoms with van der Waals surface area (Å²) in [5.74, 6) is 1.14. The second kappa shape index (κ2) is 8.95. The van der Waals surface area contributed by atoms with Crippen LogP contribution in [0.4, 0.5) is 10.9 Å². The highest BCUT2D eigenvalue weighted by molar-refractivity contribution is 7.13. The molecule has 0 radical (unpaired) electrons. The van der Waals surface area contributed by atoms with Crippen LogP contribution in [0.5, 0.6) is 0 Å². The van der Waals surface area contributed by atoms with Gasteiger partial charge in [-0.15, -0.1) is 21.5 Å². The second-order valence-corrected chi connectivity index (χ2v) is 7.69. The summed E-state index contributed by atoms with van der Waals surface area (Å²) in [7, 11) is 1.58. The van der Waals surface area contributed by atoms with Crippen molar-refractivity contribution in [3.05, 3.63) is 35.9 Å². The molecule has 0 unspecified atom stereocenters. The van der Waals surface area contributed by atoms with Crippen LogP contribution < -0.4 is 15.5 Å². The molecule has 3 aromatic heterocycles. The largest absolute Gasteiger partial charge is 0.359 e. The number of thiazole rings is 1. The van der Waals surface area contributed by atoms with E-state index in [0.717, 1.165) is 31.7 Å². The molecule has 12 heteroatoms. The lowest BCUT2D eigenvalue weighted by Crippen LogP contribution is -2.38. The number of nitrogens with one attached hydrogen (secondary N) is 2. The van der Waals surface area contributed by atoms with Gasteiger partial charge in [-0.25, -0.2) is 14.6 Å². The van der Waals surface area contributed by atoms with E-state index >= 15 is 0 Å². The monoisotopic (exact) mass is 427 g/mol. The van der Waals surface area contributed by atoms with E-state index in [0.29, 0.717) is 16.6 Å². The molecule has 30 heavy (non-hydrogen) atoms. The maximum atomic E-state index is 12.6. The lowest BCUT2D eigenvalue weighted by Gasteiger charge is -2.31. The smallest absolute Gasteiger partial charge is 0.229 e. The second-order valence-electron chi connectivity index (χ2n) is 6.83. The topological polar surface area (TPSA) is 131 Å². The van der Waals surface area contributed by atoms with Crippen LogP contribution in [-0.2, 0) is 16.0 Å². The first-order chi connectivity index (χ1) is 14.6. The number of piperidine rings is 1. The third-order valence-corrected chi connectivity index (χ3v) is 5.69. The van der Waals surface area contributed by atoms with Crippen molar-refractivity contribution in [1.82, 2.24) is 35.3 Å². The van der Waals surface area contributed by atoms with Gasteiger partial charge in [-0.1, -0.05) is 0 Å². The molecule has 156 valence electrons. The van der Waals surface area contributed by atoms with E-state index in [4.69, 9.17) is 0 Å². The fraction of sp³-hybridized carbons (Fsp3) is 0.389. The molecule has 0 atom stereocenters. The van der Waals surface area contributed by atoms with Crippen molar-refractivity contribution in [3.63, 3.8) is 0 Å². The van der Waals surface area contributed by atoms with Gasteiger partial charge in [0.15, 0.2) is 16.8 Å². The number of likely N-dealkylation sites (N-methyl/N-ethyl adjacent to an activating group) is 1. The van der Waals surface area contributed by atoms with Crippen LogP contribution in [0.25, 0.3) is 5.82 Å². The molecule has 4 heterocycles. The van der Waals surface area contributed by atoms with Crippen molar-refractivity contribution in [3.8, 4) is 5.82 Å². The van der Waals surface area contributed by atoms with Crippen molar-refractivity contribution >= 4 is 34.1 Å². The summed E-state index contributed by atoms with van der Waals surface area (Å²) in [6.07, 6.45) is 4.65. The molecular formula is C18H21N9O2S.